The van der Waals surface area contributed by atoms with Gasteiger partial charge >= 0.3 is 0 Å². The molecule has 32 heavy (non-hydrogen) atoms. The normalized spacial score (nSPS) is 23.8. The predicted octanol–water partition coefficient (Wildman–Crippen LogP) is 6.51. The molecule has 1 aliphatic carbocycles. The molecule has 2 fully saturated rings. The fourth-order valence-electron chi connectivity index (χ4n) is 4.88. The highest BCUT2D eigenvalue weighted by molar-refractivity contribution is 9.10. The SMILES string of the molecule is CC(C)(C)[Si](C)(C)OC1CCN(c2cc3nn(C4CCC(CO)CC4)cc3cc2Br)CC1. The van der Waals surface area contributed by atoms with Crippen LogP contribution in [0.25, 0.3) is 10.9 Å². The first kappa shape index (κ1) is 24.2. The molecule has 4 rings (SSSR count). The molecule has 0 amide bonds. The lowest BCUT2D eigenvalue weighted by molar-refractivity contribution is 0.152. The lowest BCUT2D eigenvalue weighted by atomic mass is 9.87. The number of halogens is 1. The molecular formula is C25H40BrN3O2Si. The largest absolute Gasteiger partial charge is 0.414 e. The standard InChI is InChI=1S/C25H40BrN3O2Si/c1-25(2,3)32(4,5)31-21-10-12-28(13-11-21)24-15-23-19(14-22(24)26)16-29(27-23)20-8-6-18(17-30)7-9-20/h14-16,18,20-21,30H,6-13,17H2,1-5H3. The fraction of sp³-hybridized carbons (Fsp3) is 0.720. The van der Waals surface area contributed by atoms with Crippen molar-refractivity contribution in [3.05, 3.63) is 22.8 Å². The van der Waals surface area contributed by atoms with Gasteiger partial charge in [-0.05, 0) is 90.6 Å². The van der Waals surface area contributed by atoms with E-state index in [4.69, 9.17) is 9.52 Å². The van der Waals surface area contributed by atoms with Gasteiger partial charge in [-0.25, -0.2) is 0 Å². The van der Waals surface area contributed by atoms with Gasteiger partial charge in [0, 0.05) is 41.9 Å². The molecule has 2 aliphatic rings. The Labute approximate surface area is 202 Å². The van der Waals surface area contributed by atoms with Crippen LogP contribution in [0.2, 0.25) is 18.1 Å². The first-order chi connectivity index (χ1) is 15.1. The van der Waals surface area contributed by atoms with Crippen LogP contribution in [0.15, 0.2) is 22.8 Å². The van der Waals surface area contributed by atoms with Crippen molar-refractivity contribution in [2.45, 2.75) is 89.6 Å². The molecule has 1 saturated heterocycles. The van der Waals surface area contributed by atoms with E-state index < -0.39 is 8.32 Å². The van der Waals surface area contributed by atoms with Crippen molar-refractivity contribution < 1.29 is 9.53 Å². The average molecular weight is 523 g/mol. The van der Waals surface area contributed by atoms with E-state index >= 15 is 0 Å². The molecule has 0 spiro atoms. The summed E-state index contributed by atoms with van der Waals surface area (Å²) >= 11 is 3.83. The molecule has 1 aliphatic heterocycles. The molecule has 178 valence electrons. The maximum Gasteiger partial charge on any atom is 0.192 e. The second-order valence-electron chi connectivity index (χ2n) is 11.4. The van der Waals surface area contributed by atoms with Crippen LogP contribution in [-0.4, -0.2) is 49.0 Å². The van der Waals surface area contributed by atoms with Gasteiger partial charge in [0.25, 0.3) is 0 Å². The number of piperidine rings is 1. The van der Waals surface area contributed by atoms with Crippen LogP contribution in [0.5, 0.6) is 0 Å². The van der Waals surface area contributed by atoms with Gasteiger partial charge in [0.05, 0.1) is 17.2 Å². The summed E-state index contributed by atoms with van der Waals surface area (Å²) in [6, 6.07) is 4.94. The number of benzene rings is 1. The number of fused-ring (bicyclic) bond motifs is 1. The molecule has 0 atom stereocenters. The molecular weight excluding hydrogens is 482 g/mol. The summed E-state index contributed by atoms with van der Waals surface area (Å²) in [5.41, 5.74) is 2.32. The first-order valence-corrected chi connectivity index (χ1v) is 16.0. The Hall–Kier alpha value is -0.893. The van der Waals surface area contributed by atoms with Gasteiger partial charge < -0.3 is 14.4 Å². The zero-order valence-electron chi connectivity index (χ0n) is 20.4. The van der Waals surface area contributed by atoms with Crippen molar-refractivity contribution >= 4 is 40.8 Å². The summed E-state index contributed by atoms with van der Waals surface area (Å²) in [5, 5.41) is 15.8. The van der Waals surface area contributed by atoms with Gasteiger partial charge in [0.2, 0.25) is 0 Å². The summed E-state index contributed by atoms with van der Waals surface area (Å²) in [7, 11) is -1.72. The smallest absolute Gasteiger partial charge is 0.192 e. The minimum absolute atomic E-state index is 0.258. The Kier molecular flexibility index (Phi) is 7.12. The third-order valence-corrected chi connectivity index (χ3v) is 13.3. The van der Waals surface area contributed by atoms with Crippen molar-refractivity contribution in [2.75, 3.05) is 24.6 Å². The molecule has 1 N–H and O–H groups in total. The average Bonchev–Trinajstić information content (AvgIpc) is 3.15. The number of hydrogen-bond acceptors (Lipinski definition) is 4. The topological polar surface area (TPSA) is 50.5 Å². The quantitative estimate of drug-likeness (QED) is 0.455. The van der Waals surface area contributed by atoms with Gasteiger partial charge in [0.1, 0.15) is 0 Å². The summed E-state index contributed by atoms with van der Waals surface area (Å²) in [5.74, 6) is 0.473. The van der Waals surface area contributed by atoms with Crippen molar-refractivity contribution in [1.29, 1.82) is 0 Å². The summed E-state index contributed by atoms with van der Waals surface area (Å²) in [6.07, 6.45) is 9.15. The van der Waals surface area contributed by atoms with Gasteiger partial charge in [0.15, 0.2) is 8.32 Å². The minimum Gasteiger partial charge on any atom is -0.414 e. The maximum atomic E-state index is 9.42. The van der Waals surface area contributed by atoms with E-state index in [0.717, 1.165) is 61.6 Å². The summed E-state index contributed by atoms with van der Waals surface area (Å²) in [6.45, 7) is 14.0. The van der Waals surface area contributed by atoms with E-state index in [1.807, 2.05) is 0 Å². The van der Waals surface area contributed by atoms with Crippen molar-refractivity contribution in [2.24, 2.45) is 5.92 Å². The highest BCUT2D eigenvalue weighted by atomic mass is 79.9. The van der Waals surface area contributed by atoms with Crippen LogP contribution >= 0.6 is 15.9 Å². The highest BCUT2D eigenvalue weighted by Crippen LogP contribution is 2.40. The van der Waals surface area contributed by atoms with Crippen molar-refractivity contribution in [3.63, 3.8) is 0 Å². The monoisotopic (exact) mass is 521 g/mol. The molecule has 7 heteroatoms. The van der Waals surface area contributed by atoms with E-state index in [1.54, 1.807) is 0 Å². The maximum absolute atomic E-state index is 9.42. The molecule has 2 aromatic rings. The minimum atomic E-state index is -1.72. The molecule has 1 aromatic heterocycles. The molecule has 0 unspecified atom stereocenters. The van der Waals surface area contributed by atoms with Gasteiger partial charge in [-0.2, -0.15) is 5.10 Å². The van der Waals surface area contributed by atoms with E-state index in [0.29, 0.717) is 24.7 Å². The Balaban J connectivity index is 1.43. The number of aromatic nitrogens is 2. The zero-order valence-corrected chi connectivity index (χ0v) is 23.0. The number of rotatable bonds is 5. The van der Waals surface area contributed by atoms with E-state index in [1.165, 1.54) is 11.1 Å². The molecule has 2 heterocycles. The number of nitrogens with zero attached hydrogens (tertiary/aromatic N) is 3. The van der Waals surface area contributed by atoms with E-state index in [9.17, 15) is 5.11 Å². The van der Waals surface area contributed by atoms with Crippen LogP contribution in [0.1, 0.15) is 65.3 Å². The Morgan fingerprint density at radius 2 is 1.75 bits per heavy atom. The molecule has 0 radical (unpaired) electrons. The van der Waals surface area contributed by atoms with Crippen LogP contribution in [0.4, 0.5) is 5.69 Å². The predicted molar refractivity (Wildman–Crippen MR) is 139 cm³/mol. The van der Waals surface area contributed by atoms with Crippen LogP contribution in [-0.2, 0) is 4.43 Å². The Morgan fingerprint density at radius 1 is 1.09 bits per heavy atom. The van der Waals surface area contributed by atoms with Crippen LogP contribution in [0.3, 0.4) is 0 Å². The Bertz CT molecular complexity index is 923. The number of aliphatic hydroxyl groups excluding tert-OH is 1. The summed E-state index contributed by atoms with van der Waals surface area (Å²) < 4.78 is 10.0. The third kappa shape index (κ3) is 5.11. The van der Waals surface area contributed by atoms with Crippen molar-refractivity contribution in [1.82, 2.24) is 9.78 Å². The lowest BCUT2D eigenvalue weighted by Gasteiger charge is -2.42. The van der Waals surface area contributed by atoms with Crippen LogP contribution < -0.4 is 4.90 Å². The molecule has 1 saturated carbocycles. The van der Waals surface area contributed by atoms with Crippen molar-refractivity contribution in [3.8, 4) is 0 Å². The molecule has 5 nitrogen and oxygen atoms in total. The lowest BCUT2D eigenvalue weighted by Crippen LogP contribution is -2.47. The van der Waals surface area contributed by atoms with E-state index in [2.05, 4.69) is 77.7 Å². The van der Waals surface area contributed by atoms with Crippen LogP contribution in [0, 0.1) is 5.92 Å². The van der Waals surface area contributed by atoms with Gasteiger partial charge in [-0.3, -0.25) is 4.68 Å². The summed E-state index contributed by atoms with van der Waals surface area (Å²) in [4.78, 5) is 2.49. The number of anilines is 1. The number of aliphatic hydroxyl groups is 1. The zero-order chi connectivity index (χ0) is 23.1. The highest BCUT2D eigenvalue weighted by Gasteiger charge is 2.39. The van der Waals surface area contributed by atoms with E-state index in [-0.39, 0.29) is 5.04 Å². The fourth-order valence-corrected chi connectivity index (χ4v) is 6.92. The second kappa shape index (κ2) is 9.39. The van der Waals surface area contributed by atoms with Gasteiger partial charge in [-0.1, -0.05) is 20.8 Å². The molecule has 0 bridgehead atoms. The third-order valence-electron chi connectivity index (χ3n) is 8.09. The second-order valence-corrected chi connectivity index (χ2v) is 17.0. The first-order valence-electron chi connectivity index (χ1n) is 12.3. The molecule has 1 aromatic carbocycles. The van der Waals surface area contributed by atoms with Gasteiger partial charge in [-0.15, -0.1) is 0 Å². The Morgan fingerprint density at radius 3 is 2.34 bits per heavy atom. The number of hydrogen-bond donors (Lipinski definition) is 1.